The van der Waals surface area contributed by atoms with Crippen LogP contribution in [-0.4, -0.2) is 18.2 Å². The van der Waals surface area contributed by atoms with E-state index in [9.17, 15) is 0 Å². The number of phenols is 1. The number of aromatic hydroxyl groups is 1. The number of fused-ring (bicyclic) bond motifs is 1. The summed E-state index contributed by atoms with van der Waals surface area (Å²) in [6, 6.07) is 27.8. The van der Waals surface area contributed by atoms with E-state index in [1.54, 1.807) is 12.1 Å². The first-order valence-corrected chi connectivity index (χ1v) is 12.1. The molecule has 0 bridgehead atoms. The van der Waals surface area contributed by atoms with Gasteiger partial charge in [0.05, 0.1) is 0 Å². The van der Waals surface area contributed by atoms with Crippen molar-refractivity contribution < 1.29 is 19.4 Å². The summed E-state index contributed by atoms with van der Waals surface area (Å²) < 4.78 is 5.88. The second kappa shape index (κ2) is 21.6. The number of benzene rings is 4. The molecule has 0 saturated heterocycles. The standard InChI is InChI=1S/C18H16O.C7H8O.C2H4O.2C2H6.CH2O/c1-13-4-8-17(9-5-13)19-18-10-7-15-6-3-14(2)11-16(15)12-18;1-6-2-4-7(8)5-3-6;1-2-3;3*1-2/h3-12H,1-2H3;2-5,8H,1H3;2H,1H3;2*1-2H3;1H2. The van der Waals surface area contributed by atoms with Crippen molar-refractivity contribution in [3.05, 3.63) is 102 Å². The molecule has 194 valence electrons. The summed E-state index contributed by atoms with van der Waals surface area (Å²) in [4.78, 5) is 16.8. The third-order valence-corrected chi connectivity index (χ3v) is 4.26. The molecular formula is C32H42O4. The molecule has 4 aromatic carbocycles. The van der Waals surface area contributed by atoms with Crippen LogP contribution in [0.4, 0.5) is 0 Å². The zero-order valence-electron chi connectivity index (χ0n) is 23.0. The largest absolute Gasteiger partial charge is 0.508 e. The third kappa shape index (κ3) is 14.4. The van der Waals surface area contributed by atoms with Gasteiger partial charge in [0, 0.05) is 0 Å². The van der Waals surface area contributed by atoms with Gasteiger partial charge in [-0.05, 0) is 74.9 Å². The van der Waals surface area contributed by atoms with Crippen LogP contribution >= 0.6 is 0 Å². The minimum Gasteiger partial charge on any atom is -0.508 e. The number of rotatable bonds is 2. The maximum Gasteiger partial charge on any atom is 0.128 e. The maximum atomic E-state index is 8.81. The van der Waals surface area contributed by atoms with Gasteiger partial charge >= 0.3 is 0 Å². The predicted molar refractivity (Wildman–Crippen MR) is 154 cm³/mol. The molecule has 4 rings (SSSR count). The molecule has 0 atom stereocenters. The highest BCUT2D eigenvalue weighted by atomic mass is 16.5. The van der Waals surface area contributed by atoms with Gasteiger partial charge in [0.25, 0.3) is 0 Å². The van der Waals surface area contributed by atoms with Crippen molar-refractivity contribution in [1.82, 2.24) is 0 Å². The molecule has 4 aromatic rings. The molecule has 0 aromatic heterocycles. The number of hydrogen-bond donors (Lipinski definition) is 1. The van der Waals surface area contributed by atoms with Crippen LogP contribution in [0.25, 0.3) is 10.8 Å². The Kier molecular flexibility index (Phi) is 20.6. The Labute approximate surface area is 217 Å². The van der Waals surface area contributed by atoms with Gasteiger partial charge in [-0.25, -0.2) is 0 Å². The van der Waals surface area contributed by atoms with Crippen LogP contribution < -0.4 is 4.74 Å². The Hall–Kier alpha value is -3.92. The van der Waals surface area contributed by atoms with E-state index in [1.807, 2.05) is 71.7 Å². The number of carbonyl (C=O) groups excluding carboxylic acids is 2. The second-order valence-corrected chi connectivity index (χ2v) is 7.00. The van der Waals surface area contributed by atoms with Crippen LogP contribution in [0.1, 0.15) is 51.3 Å². The van der Waals surface area contributed by atoms with Crippen LogP contribution in [0, 0.1) is 20.8 Å². The smallest absolute Gasteiger partial charge is 0.128 e. The van der Waals surface area contributed by atoms with Crippen molar-refractivity contribution in [2.45, 2.75) is 55.4 Å². The van der Waals surface area contributed by atoms with E-state index >= 15 is 0 Å². The fourth-order valence-electron chi connectivity index (χ4n) is 2.69. The molecule has 0 aliphatic rings. The van der Waals surface area contributed by atoms with Crippen LogP contribution in [0.3, 0.4) is 0 Å². The van der Waals surface area contributed by atoms with Gasteiger partial charge in [-0.1, -0.05) is 92.9 Å². The Morgan fingerprint density at radius 2 is 1.00 bits per heavy atom. The van der Waals surface area contributed by atoms with Crippen LogP contribution in [0.2, 0.25) is 0 Å². The van der Waals surface area contributed by atoms with E-state index in [2.05, 4.69) is 56.3 Å². The summed E-state index contributed by atoms with van der Waals surface area (Å²) in [5.41, 5.74) is 3.67. The second-order valence-electron chi connectivity index (χ2n) is 7.00. The third-order valence-electron chi connectivity index (χ3n) is 4.26. The normalized spacial score (nSPS) is 8.44. The van der Waals surface area contributed by atoms with Gasteiger partial charge in [-0.2, -0.15) is 0 Å². The van der Waals surface area contributed by atoms with Gasteiger partial charge in [-0.3, -0.25) is 0 Å². The molecule has 4 heteroatoms. The van der Waals surface area contributed by atoms with Crippen molar-refractivity contribution in [3.63, 3.8) is 0 Å². The molecule has 0 aliphatic carbocycles. The molecule has 0 amide bonds. The minimum absolute atomic E-state index is 0.329. The quantitative estimate of drug-likeness (QED) is 0.285. The van der Waals surface area contributed by atoms with Crippen LogP contribution in [0.5, 0.6) is 17.2 Å². The number of aldehydes is 1. The molecule has 0 heterocycles. The highest BCUT2D eigenvalue weighted by molar-refractivity contribution is 5.84. The molecule has 0 fully saturated rings. The van der Waals surface area contributed by atoms with Crippen LogP contribution in [0.15, 0.2) is 84.9 Å². The fourth-order valence-corrected chi connectivity index (χ4v) is 2.69. The molecule has 0 unspecified atom stereocenters. The van der Waals surface area contributed by atoms with E-state index in [4.69, 9.17) is 19.4 Å². The molecule has 4 nitrogen and oxygen atoms in total. The van der Waals surface area contributed by atoms with Crippen LogP contribution in [-0.2, 0) is 9.59 Å². The lowest BCUT2D eigenvalue weighted by molar-refractivity contribution is -0.106. The fraction of sp³-hybridized carbons (Fsp3) is 0.250. The van der Waals surface area contributed by atoms with Gasteiger partial charge in [0.2, 0.25) is 0 Å². The molecular weight excluding hydrogens is 448 g/mol. The highest BCUT2D eigenvalue weighted by Gasteiger charge is 2.00. The maximum absolute atomic E-state index is 8.81. The van der Waals surface area contributed by atoms with Crippen molar-refractivity contribution in [2.24, 2.45) is 0 Å². The summed E-state index contributed by atoms with van der Waals surface area (Å²) >= 11 is 0. The Morgan fingerprint density at radius 3 is 1.47 bits per heavy atom. The van der Waals surface area contributed by atoms with Crippen molar-refractivity contribution in [3.8, 4) is 17.2 Å². The minimum atomic E-state index is 0.329. The lowest BCUT2D eigenvalue weighted by Gasteiger charge is -2.07. The number of ether oxygens (including phenoxy) is 1. The topological polar surface area (TPSA) is 63.6 Å². The van der Waals surface area contributed by atoms with Gasteiger partial charge in [0.15, 0.2) is 0 Å². The van der Waals surface area contributed by atoms with Gasteiger partial charge < -0.3 is 19.4 Å². The Balaban J connectivity index is 0. The molecule has 0 radical (unpaired) electrons. The van der Waals surface area contributed by atoms with Crippen molar-refractivity contribution in [2.75, 3.05) is 0 Å². The first-order chi connectivity index (χ1) is 17.4. The molecule has 0 spiro atoms. The van der Waals surface area contributed by atoms with Gasteiger partial charge in [0.1, 0.15) is 30.3 Å². The Morgan fingerprint density at radius 1 is 0.611 bits per heavy atom. The molecule has 36 heavy (non-hydrogen) atoms. The lowest BCUT2D eigenvalue weighted by Crippen LogP contribution is -1.85. The van der Waals surface area contributed by atoms with E-state index in [0.717, 1.165) is 17.8 Å². The highest BCUT2D eigenvalue weighted by Crippen LogP contribution is 2.26. The lowest BCUT2D eigenvalue weighted by atomic mass is 10.1. The number of aryl methyl sites for hydroxylation is 3. The summed E-state index contributed by atoms with van der Waals surface area (Å²) in [5, 5.41) is 11.2. The predicted octanol–water partition coefficient (Wildman–Crippen LogP) is 9.02. The van der Waals surface area contributed by atoms with E-state index in [0.29, 0.717) is 5.75 Å². The molecule has 1 N–H and O–H groups in total. The van der Waals surface area contributed by atoms with E-state index < -0.39 is 0 Å². The first kappa shape index (κ1) is 34.2. The van der Waals surface area contributed by atoms with E-state index in [-0.39, 0.29) is 0 Å². The number of hydrogen-bond acceptors (Lipinski definition) is 4. The summed E-state index contributed by atoms with van der Waals surface area (Å²) in [6.07, 6.45) is 0.750. The first-order valence-electron chi connectivity index (χ1n) is 12.1. The average molecular weight is 491 g/mol. The summed E-state index contributed by atoms with van der Waals surface area (Å²) in [6.45, 7) is 17.6. The summed E-state index contributed by atoms with van der Waals surface area (Å²) in [5.74, 6) is 2.08. The molecule has 0 saturated carbocycles. The zero-order valence-corrected chi connectivity index (χ0v) is 23.0. The number of phenolic OH excluding ortho intramolecular Hbond substituents is 1. The summed E-state index contributed by atoms with van der Waals surface area (Å²) in [7, 11) is 0. The SMILES string of the molecule is C=O.CC.CC.CC=O.Cc1ccc(O)cc1.Cc1ccc(Oc2ccc3ccc(C)cc3c2)cc1. The monoisotopic (exact) mass is 490 g/mol. The Bertz CT molecular complexity index is 1060. The van der Waals surface area contributed by atoms with Crippen molar-refractivity contribution >= 4 is 23.8 Å². The molecule has 0 aliphatic heterocycles. The number of carbonyl (C=O) groups is 2. The van der Waals surface area contributed by atoms with E-state index in [1.165, 1.54) is 34.4 Å². The zero-order chi connectivity index (χ0) is 27.9. The van der Waals surface area contributed by atoms with Gasteiger partial charge in [-0.15, -0.1) is 0 Å². The average Bonchev–Trinajstić information content (AvgIpc) is 2.91. The van der Waals surface area contributed by atoms with Crippen molar-refractivity contribution in [1.29, 1.82) is 0 Å².